The van der Waals surface area contributed by atoms with Crippen LogP contribution in [0.3, 0.4) is 0 Å². The van der Waals surface area contributed by atoms with Crippen molar-refractivity contribution in [2.24, 2.45) is 0 Å². The van der Waals surface area contributed by atoms with Crippen LogP contribution in [-0.4, -0.2) is 63.4 Å². The summed E-state index contributed by atoms with van der Waals surface area (Å²) in [6.45, 7) is 6.95. The second-order valence-corrected chi connectivity index (χ2v) is 8.52. The van der Waals surface area contributed by atoms with Crippen LogP contribution in [0.15, 0.2) is 47.4 Å². The number of para-hydroxylation sites is 1. The zero-order valence-corrected chi connectivity index (χ0v) is 19.0. The maximum atomic E-state index is 12.6. The quantitative estimate of drug-likeness (QED) is 0.407. The maximum Gasteiger partial charge on any atom is 0.164 e. The van der Waals surface area contributed by atoms with Crippen molar-refractivity contribution in [2.75, 3.05) is 57.6 Å². The number of carbonyl (C=O) groups is 1. The standard InChI is InChI=1S/C24H32N2O3S/c1-4-17-30-24-8-6-5-7-20(24)26-15-13-25(14-16-26)12-11-21(27)19-9-10-22(28-2)23(18-19)29-3/h5-10,18H,4,11-17H2,1-3H3. The minimum Gasteiger partial charge on any atom is -0.493 e. The summed E-state index contributed by atoms with van der Waals surface area (Å²) in [7, 11) is 3.18. The van der Waals surface area contributed by atoms with Crippen LogP contribution in [0.25, 0.3) is 0 Å². The van der Waals surface area contributed by atoms with Gasteiger partial charge in [0.1, 0.15) is 0 Å². The Bertz CT molecular complexity index is 835. The molecule has 0 saturated carbocycles. The van der Waals surface area contributed by atoms with Gasteiger partial charge in [0.2, 0.25) is 0 Å². The number of hydrogen-bond donors (Lipinski definition) is 0. The molecule has 1 fully saturated rings. The third-order valence-corrected chi connectivity index (χ3v) is 6.67. The van der Waals surface area contributed by atoms with E-state index < -0.39 is 0 Å². The third kappa shape index (κ3) is 5.70. The van der Waals surface area contributed by atoms with Gasteiger partial charge in [0, 0.05) is 49.6 Å². The molecule has 0 atom stereocenters. The van der Waals surface area contributed by atoms with Gasteiger partial charge in [-0.25, -0.2) is 0 Å². The molecule has 2 aromatic carbocycles. The van der Waals surface area contributed by atoms with Gasteiger partial charge >= 0.3 is 0 Å². The second-order valence-electron chi connectivity index (χ2n) is 7.39. The normalized spacial score (nSPS) is 14.6. The van der Waals surface area contributed by atoms with Crippen LogP contribution >= 0.6 is 11.8 Å². The molecular weight excluding hydrogens is 396 g/mol. The lowest BCUT2D eigenvalue weighted by atomic mass is 10.1. The first-order chi connectivity index (χ1) is 14.7. The molecule has 0 N–H and O–H groups in total. The maximum absolute atomic E-state index is 12.6. The van der Waals surface area contributed by atoms with Crippen LogP contribution in [0.4, 0.5) is 5.69 Å². The summed E-state index contributed by atoms with van der Waals surface area (Å²) >= 11 is 1.94. The lowest BCUT2D eigenvalue weighted by Gasteiger charge is -2.36. The number of anilines is 1. The molecule has 30 heavy (non-hydrogen) atoms. The first-order valence-electron chi connectivity index (χ1n) is 10.6. The van der Waals surface area contributed by atoms with Crippen LogP contribution in [0.5, 0.6) is 11.5 Å². The number of thioether (sulfide) groups is 1. The Hall–Kier alpha value is -2.18. The van der Waals surface area contributed by atoms with Crippen LogP contribution in [0, 0.1) is 0 Å². The van der Waals surface area contributed by atoms with E-state index in [2.05, 4.69) is 41.0 Å². The molecule has 162 valence electrons. The van der Waals surface area contributed by atoms with Gasteiger partial charge < -0.3 is 14.4 Å². The molecule has 1 heterocycles. The Balaban J connectivity index is 1.51. The summed E-state index contributed by atoms with van der Waals surface area (Å²) < 4.78 is 10.6. The molecular formula is C24H32N2O3S. The van der Waals surface area contributed by atoms with E-state index >= 15 is 0 Å². The van der Waals surface area contributed by atoms with E-state index in [4.69, 9.17) is 9.47 Å². The van der Waals surface area contributed by atoms with Crippen LogP contribution in [-0.2, 0) is 0 Å². The zero-order chi connectivity index (χ0) is 21.3. The number of hydrogen-bond acceptors (Lipinski definition) is 6. The van der Waals surface area contributed by atoms with Crippen LogP contribution in [0.1, 0.15) is 30.1 Å². The first-order valence-corrected chi connectivity index (χ1v) is 11.6. The number of methoxy groups -OCH3 is 2. The summed E-state index contributed by atoms with van der Waals surface area (Å²) in [6, 6.07) is 14.1. The summed E-state index contributed by atoms with van der Waals surface area (Å²) in [5, 5.41) is 0. The molecule has 0 bridgehead atoms. The Kier molecular flexibility index (Phi) is 8.46. The topological polar surface area (TPSA) is 42.0 Å². The molecule has 0 spiro atoms. The molecule has 1 aliphatic heterocycles. The van der Waals surface area contributed by atoms with Gasteiger partial charge in [-0.2, -0.15) is 0 Å². The number of ether oxygens (including phenoxy) is 2. The number of benzene rings is 2. The number of carbonyl (C=O) groups excluding carboxylic acids is 1. The second kappa shape index (κ2) is 11.3. The Morgan fingerprint density at radius 1 is 1.00 bits per heavy atom. The van der Waals surface area contributed by atoms with Gasteiger partial charge in [0.25, 0.3) is 0 Å². The minimum atomic E-state index is 0.139. The summed E-state index contributed by atoms with van der Waals surface area (Å²) in [5.74, 6) is 2.52. The molecule has 0 radical (unpaired) electrons. The molecule has 3 rings (SSSR count). The Morgan fingerprint density at radius 2 is 1.73 bits per heavy atom. The van der Waals surface area contributed by atoms with E-state index in [0.29, 0.717) is 23.5 Å². The monoisotopic (exact) mass is 428 g/mol. The molecule has 0 aliphatic carbocycles. The van der Waals surface area contributed by atoms with Gasteiger partial charge in [-0.15, -0.1) is 11.8 Å². The predicted molar refractivity (Wildman–Crippen MR) is 125 cm³/mol. The minimum absolute atomic E-state index is 0.139. The van der Waals surface area contributed by atoms with Crippen molar-refractivity contribution in [3.63, 3.8) is 0 Å². The Labute approximate surface area is 184 Å². The number of nitrogens with zero attached hydrogens (tertiary/aromatic N) is 2. The first kappa shape index (κ1) is 22.5. The molecule has 0 amide bonds. The molecule has 5 nitrogen and oxygen atoms in total. The number of ketones is 1. The molecule has 0 unspecified atom stereocenters. The average molecular weight is 429 g/mol. The Morgan fingerprint density at radius 3 is 2.43 bits per heavy atom. The van der Waals surface area contributed by atoms with Crippen LogP contribution < -0.4 is 14.4 Å². The average Bonchev–Trinajstić information content (AvgIpc) is 2.81. The van der Waals surface area contributed by atoms with Crippen LogP contribution in [0.2, 0.25) is 0 Å². The fourth-order valence-electron chi connectivity index (χ4n) is 3.68. The highest BCUT2D eigenvalue weighted by Crippen LogP contribution is 2.31. The number of rotatable bonds is 10. The SMILES string of the molecule is CCCSc1ccccc1N1CCN(CCC(=O)c2ccc(OC)c(OC)c2)CC1. The van der Waals surface area contributed by atoms with Crippen molar-refractivity contribution in [2.45, 2.75) is 24.7 Å². The smallest absolute Gasteiger partial charge is 0.164 e. The van der Waals surface area contributed by atoms with Gasteiger partial charge in [0.15, 0.2) is 17.3 Å². The van der Waals surface area contributed by atoms with Gasteiger partial charge in [-0.1, -0.05) is 19.1 Å². The summed E-state index contributed by atoms with van der Waals surface area (Å²) in [6.07, 6.45) is 1.69. The van der Waals surface area contributed by atoms with Crippen molar-refractivity contribution < 1.29 is 14.3 Å². The molecule has 0 aromatic heterocycles. The zero-order valence-electron chi connectivity index (χ0n) is 18.2. The largest absolute Gasteiger partial charge is 0.493 e. The van der Waals surface area contributed by atoms with Gasteiger partial charge in [-0.05, 0) is 42.5 Å². The molecule has 1 saturated heterocycles. The van der Waals surface area contributed by atoms with Crippen molar-refractivity contribution in [1.82, 2.24) is 4.90 Å². The van der Waals surface area contributed by atoms with E-state index in [9.17, 15) is 4.79 Å². The lowest BCUT2D eigenvalue weighted by Crippen LogP contribution is -2.47. The van der Waals surface area contributed by atoms with Gasteiger partial charge in [-0.3, -0.25) is 9.69 Å². The number of piperazine rings is 1. The van der Waals surface area contributed by atoms with Crippen molar-refractivity contribution in [3.8, 4) is 11.5 Å². The van der Waals surface area contributed by atoms with E-state index in [1.807, 2.05) is 17.8 Å². The summed E-state index contributed by atoms with van der Waals surface area (Å²) in [5.41, 5.74) is 2.02. The highest BCUT2D eigenvalue weighted by Gasteiger charge is 2.20. The van der Waals surface area contributed by atoms with E-state index in [1.165, 1.54) is 17.0 Å². The number of Topliss-reactive ketones (excluding diaryl/α,β-unsaturated/α-hetero) is 1. The van der Waals surface area contributed by atoms with E-state index in [-0.39, 0.29) is 5.78 Å². The van der Waals surface area contributed by atoms with Gasteiger partial charge in [0.05, 0.1) is 19.9 Å². The van der Waals surface area contributed by atoms with E-state index in [0.717, 1.165) is 38.5 Å². The molecule has 6 heteroatoms. The van der Waals surface area contributed by atoms with Crippen molar-refractivity contribution >= 4 is 23.2 Å². The highest BCUT2D eigenvalue weighted by molar-refractivity contribution is 7.99. The molecule has 1 aliphatic rings. The van der Waals surface area contributed by atoms with Crippen molar-refractivity contribution in [1.29, 1.82) is 0 Å². The predicted octanol–water partition coefficient (Wildman–Crippen LogP) is 4.60. The summed E-state index contributed by atoms with van der Waals surface area (Å²) in [4.78, 5) is 18.9. The molecule has 2 aromatic rings. The highest BCUT2D eigenvalue weighted by atomic mass is 32.2. The fourth-order valence-corrected chi connectivity index (χ4v) is 4.62. The lowest BCUT2D eigenvalue weighted by molar-refractivity contribution is 0.0962. The van der Waals surface area contributed by atoms with Crippen molar-refractivity contribution in [3.05, 3.63) is 48.0 Å². The van der Waals surface area contributed by atoms with E-state index in [1.54, 1.807) is 26.4 Å². The fraction of sp³-hybridized carbons (Fsp3) is 0.458. The third-order valence-electron chi connectivity index (χ3n) is 5.40.